The number of benzene rings is 2. The predicted octanol–water partition coefficient (Wildman–Crippen LogP) is 6.46. The molecule has 1 atom stereocenters. The number of ether oxygens (including phenoxy) is 4. The lowest BCUT2D eigenvalue weighted by Gasteiger charge is -2.34. The molecular formula is C27H32O4. The Hall–Kier alpha value is -2.88. The predicted molar refractivity (Wildman–Crippen MR) is 125 cm³/mol. The molecule has 4 nitrogen and oxygen atoms in total. The Bertz CT molecular complexity index is 1040. The summed E-state index contributed by atoms with van der Waals surface area (Å²) in [5.74, 6) is 3.33. The molecule has 2 aromatic rings. The van der Waals surface area contributed by atoms with Crippen LogP contribution in [0, 0.1) is 0 Å². The van der Waals surface area contributed by atoms with E-state index in [1.165, 1.54) is 11.1 Å². The summed E-state index contributed by atoms with van der Waals surface area (Å²) in [7, 11) is 3.40. The minimum absolute atomic E-state index is 0.0563. The molecule has 0 saturated carbocycles. The van der Waals surface area contributed by atoms with Crippen LogP contribution in [0.25, 0.3) is 6.08 Å². The normalized spacial score (nSPS) is 18.2. The molecule has 0 N–H and O–H groups in total. The zero-order chi connectivity index (χ0) is 22.2. The van der Waals surface area contributed by atoms with Crippen molar-refractivity contribution in [2.75, 3.05) is 14.2 Å². The molecule has 164 valence electrons. The van der Waals surface area contributed by atoms with Crippen molar-refractivity contribution in [3.8, 4) is 23.0 Å². The van der Waals surface area contributed by atoms with Gasteiger partial charge in [0.2, 0.25) is 0 Å². The minimum Gasteiger partial charge on any atom is -0.497 e. The van der Waals surface area contributed by atoms with Gasteiger partial charge in [-0.25, -0.2) is 0 Å². The van der Waals surface area contributed by atoms with Crippen molar-refractivity contribution in [1.82, 2.24) is 0 Å². The van der Waals surface area contributed by atoms with E-state index in [1.807, 2.05) is 12.1 Å². The highest BCUT2D eigenvalue weighted by molar-refractivity contribution is 5.71. The van der Waals surface area contributed by atoms with Crippen LogP contribution in [0.3, 0.4) is 0 Å². The summed E-state index contributed by atoms with van der Waals surface area (Å²) >= 11 is 0. The third-order valence-corrected chi connectivity index (χ3v) is 5.90. The molecule has 4 rings (SSSR count). The van der Waals surface area contributed by atoms with Crippen molar-refractivity contribution < 1.29 is 18.9 Å². The maximum atomic E-state index is 6.51. The van der Waals surface area contributed by atoms with Gasteiger partial charge in [0.25, 0.3) is 0 Å². The van der Waals surface area contributed by atoms with Gasteiger partial charge in [0.05, 0.1) is 14.2 Å². The summed E-state index contributed by atoms with van der Waals surface area (Å²) < 4.78 is 24.2. The van der Waals surface area contributed by atoms with Gasteiger partial charge in [0.1, 0.15) is 23.2 Å². The fourth-order valence-electron chi connectivity index (χ4n) is 4.24. The molecule has 0 fully saturated rings. The van der Waals surface area contributed by atoms with Gasteiger partial charge in [-0.1, -0.05) is 23.8 Å². The standard InChI is InChI=1S/C27H32O4/c1-17(2)7-8-19-15-22(21-13-14-27(3,4)31-26(21)25(19)29-6)23-12-10-18-9-11-20(28-5)16-24(18)30-23/h7,9,11,13-16,23H,8,10,12H2,1-6H3. The first-order chi connectivity index (χ1) is 14.8. The van der Waals surface area contributed by atoms with Gasteiger partial charge in [0.15, 0.2) is 11.5 Å². The molecule has 0 aliphatic carbocycles. The molecule has 31 heavy (non-hydrogen) atoms. The fraction of sp³-hybridized carbons (Fsp3) is 0.407. The first-order valence-corrected chi connectivity index (χ1v) is 10.9. The largest absolute Gasteiger partial charge is 0.497 e. The second-order valence-corrected chi connectivity index (χ2v) is 9.04. The molecule has 0 amide bonds. The number of allylic oxidation sites excluding steroid dienone is 2. The Morgan fingerprint density at radius 2 is 1.97 bits per heavy atom. The third kappa shape index (κ3) is 4.30. The van der Waals surface area contributed by atoms with E-state index in [4.69, 9.17) is 18.9 Å². The Kier molecular flexibility index (Phi) is 5.74. The van der Waals surface area contributed by atoms with E-state index in [0.717, 1.165) is 59.0 Å². The maximum absolute atomic E-state index is 6.51. The molecule has 0 aromatic heterocycles. The van der Waals surface area contributed by atoms with Gasteiger partial charge in [0, 0.05) is 22.8 Å². The average Bonchev–Trinajstić information content (AvgIpc) is 2.75. The molecule has 0 spiro atoms. The smallest absolute Gasteiger partial charge is 0.170 e. The highest BCUT2D eigenvalue weighted by Gasteiger charge is 2.32. The van der Waals surface area contributed by atoms with E-state index in [9.17, 15) is 0 Å². The highest BCUT2D eigenvalue weighted by atomic mass is 16.5. The lowest BCUT2D eigenvalue weighted by Crippen LogP contribution is -2.29. The molecule has 1 unspecified atom stereocenters. The summed E-state index contributed by atoms with van der Waals surface area (Å²) in [6.07, 6.45) is 9.09. The Morgan fingerprint density at radius 1 is 1.16 bits per heavy atom. The molecule has 0 saturated heterocycles. The number of methoxy groups -OCH3 is 2. The van der Waals surface area contributed by atoms with Crippen molar-refractivity contribution >= 4 is 6.08 Å². The number of aryl methyl sites for hydroxylation is 1. The second kappa shape index (κ2) is 8.33. The van der Waals surface area contributed by atoms with E-state index in [0.29, 0.717) is 0 Å². The molecule has 2 aliphatic heterocycles. The molecule has 0 radical (unpaired) electrons. The van der Waals surface area contributed by atoms with Crippen LogP contribution in [0.15, 0.2) is 42.0 Å². The van der Waals surface area contributed by atoms with Crippen LogP contribution in [0.1, 0.15) is 62.5 Å². The van der Waals surface area contributed by atoms with Crippen LogP contribution >= 0.6 is 0 Å². The van der Waals surface area contributed by atoms with Crippen molar-refractivity contribution in [2.45, 2.75) is 58.7 Å². The Labute approximate surface area is 185 Å². The highest BCUT2D eigenvalue weighted by Crippen LogP contribution is 2.47. The fourth-order valence-corrected chi connectivity index (χ4v) is 4.24. The van der Waals surface area contributed by atoms with Crippen molar-refractivity contribution in [1.29, 1.82) is 0 Å². The number of hydrogen-bond acceptors (Lipinski definition) is 4. The number of fused-ring (bicyclic) bond motifs is 2. The minimum atomic E-state index is -0.389. The zero-order valence-corrected chi connectivity index (χ0v) is 19.4. The van der Waals surface area contributed by atoms with Crippen LogP contribution in [0.4, 0.5) is 0 Å². The van der Waals surface area contributed by atoms with Crippen LogP contribution in [-0.2, 0) is 12.8 Å². The summed E-state index contributed by atoms with van der Waals surface area (Å²) in [6, 6.07) is 8.31. The first-order valence-electron chi connectivity index (χ1n) is 10.9. The van der Waals surface area contributed by atoms with Gasteiger partial charge >= 0.3 is 0 Å². The van der Waals surface area contributed by atoms with Crippen molar-refractivity contribution in [2.24, 2.45) is 0 Å². The van der Waals surface area contributed by atoms with Crippen LogP contribution < -0.4 is 18.9 Å². The van der Waals surface area contributed by atoms with E-state index < -0.39 is 0 Å². The Balaban J connectivity index is 1.81. The van der Waals surface area contributed by atoms with Crippen LogP contribution in [0.5, 0.6) is 23.0 Å². The second-order valence-electron chi connectivity index (χ2n) is 9.04. The van der Waals surface area contributed by atoms with Gasteiger partial charge in [-0.2, -0.15) is 0 Å². The molecule has 4 heteroatoms. The van der Waals surface area contributed by atoms with Gasteiger partial charge in [-0.15, -0.1) is 0 Å². The monoisotopic (exact) mass is 420 g/mol. The van der Waals surface area contributed by atoms with Gasteiger partial charge < -0.3 is 18.9 Å². The molecule has 0 bridgehead atoms. The zero-order valence-electron chi connectivity index (χ0n) is 19.4. The molecule has 2 aliphatic rings. The third-order valence-electron chi connectivity index (χ3n) is 5.90. The summed E-state index contributed by atoms with van der Waals surface area (Å²) in [5, 5.41) is 0. The van der Waals surface area contributed by atoms with Gasteiger partial charge in [-0.3, -0.25) is 0 Å². The average molecular weight is 421 g/mol. The van der Waals surface area contributed by atoms with E-state index in [-0.39, 0.29) is 11.7 Å². The number of rotatable bonds is 5. The van der Waals surface area contributed by atoms with Crippen molar-refractivity contribution in [3.63, 3.8) is 0 Å². The molecular weight excluding hydrogens is 388 g/mol. The molecule has 2 heterocycles. The lowest BCUT2D eigenvalue weighted by atomic mass is 9.89. The van der Waals surface area contributed by atoms with E-state index >= 15 is 0 Å². The summed E-state index contributed by atoms with van der Waals surface area (Å²) in [5.41, 5.74) is 5.42. The quantitative estimate of drug-likeness (QED) is 0.520. The summed E-state index contributed by atoms with van der Waals surface area (Å²) in [4.78, 5) is 0. The SMILES string of the molecule is COc1ccc2c(c1)OC(c1cc(CC=C(C)C)c(OC)c3c1C=CC(C)(C)O3)CC2. The van der Waals surface area contributed by atoms with E-state index in [2.05, 4.69) is 58.1 Å². The maximum Gasteiger partial charge on any atom is 0.170 e. The van der Waals surface area contributed by atoms with Crippen molar-refractivity contribution in [3.05, 3.63) is 64.2 Å². The van der Waals surface area contributed by atoms with Crippen LogP contribution in [-0.4, -0.2) is 19.8 Å². The first kappa shape index (κ1) is 21.4. The lowest BCUT2D eigenvalue weighted by molar-refractivity contribution is 0.147. The Morgan fingerprint density at radius 3 is 2.68 bits per heavy atom. The number of hydrogen-bond donors (Lipinski definition) is 0. The van der Waals surface area contributed by atoms with E-state index in [1.54, 1.807) is 14.2 Å². The topological polar surface area (TPSA) is 36.9 Å². The summed E-state index contributed by atoms with van der Waals surface area (Å²) in [6.45, 7) is 8.35. The van der Waals surface area contributed by atoms with Gasteiger partial charge in [-0.05, 0) is 70.7 Å². The van der Waals surface area contributed by atoms with Crippen LogP contribution in [0.2, 0.25) is 0 Å². The molecule has 2 aromatic carbocycles.